The van der Waals surface area contributed by atoms with Crippen LogP contribution in [0.3, 0.4) is 0 Å². The first-order valence-corrected chi connectivity index (χ1v) is 7.53. The molecular weight excluding hydrogens is 262 g/mol. The van der Waals surface area contributed by atoms with E-state index >= 15 is 0 Å². The van der Waals surface area contributed by atoms with Gasteiger partial charge in [-0.1, -0.05) is 11.8 Å². The van der Waals surface area contributed by atoms with Gasteiger partial charge in [0, 0.05) is 24.2 Å². The molecule has 1 heterocycles. The highest BCUT2D eigenvalue weighted by Crippen LogP contribution is 2.20. The van der Waals surface area contributed by atoms with Crippen molar-refractivity contribution in [3.63, 3.8) is 0 Å². The van der Waals surface area contributed by atoms with Crippen molar-refractivity contribution < 1.29 is 9.53 Å². The number of imidazole rings is 1. The standard InChI is InChI=1S/C13H23N3O2S/c1-5-18-11(17)13(4,16-10(2)3)6-9-19-12-14-7-8-15-12/h7-8,10,16H,5-6,9H2,1-4H3,(H,14,15). The summed E-state index contributed by atoms with van der Waals surface area (Å²) in [6, 6.07) is 0.225. The number of ether oxygens (including phenoxy) is 1. The molecule has 1 atom stereocenters. The molecule has 0 saturated carbocycles. The molecule has 1 rings (SSSR count). The Balaban J connectivity index is 2.55. The Hall–Kier alpha value is -1.01. The Labute approximate surface area is 118 Å². The highest BCUT2D eigenvalue weighted by molar-refractivity contribution is 7.99. The number of thioether (sulfide) groups is 1. The zero-order valence-electron chi connectivity index (χ0n) is 12.0. The van der Waals surface area contributed by atoms with Gasteiger partial charge < -0.3 is 9.72 Å². The molecule has 0 spiro atoms. The average Bonchev–Trinajstić information content (AvgIpc) is 2.81. The number of esters is 1. The molecule has 0 aromatic carbocycles. The van der Waals surface area contributed by atoms with Gasteiger partial charge in [0.25, 0.3) is 0 Å². The molecule has 0 fully saturated rings. The van der Waals surface area contributed by atoms with Crippen LogP contribution in [0.4, 0.5) is 0 Å². The average molecular weight is 285 g/mol. The Morgan fingerprint density at radius 3 is 2.89 bits per heavy atom. The molecular formula is C13H23N3O2S. The van der Waals surface area contributed by atoms with E-state index in [1.165, 1.54) is 0 Å². The molecule has 2 N–H and O–H groups in total. The van der Waals surface area contributed by atoms with Crippen molar-refractivity contribution in [2.24, 2.45) is 0 Å². The lowest BCUT2D eigenvalue weighted by atomic mass is 9.98. The third kappa shape index (κ3) is 5.24. The van der Waals surface area contributed by atoms with E-state index in [0.717, 1.165) is 10.9 Å². The Morgan fingerprint density at radius 2 is 2.37 bits per heavy atom. The number of rotatable bonds is 8. The van der Waals surface area contributed by atoms with Gasteiger partial charge in [0.2, 0.25) is 0 Å². The van der Waals surface area contributed by atoms with E-state index in [4.69, 9.17) is 4.74 Å². The van der Waals surface area contributed by atoms with Gasteiger partial charge in [-0.2, -0.15) is 0 Å². The first-order valence-electron chi connectivity index (χ1n) is 6.55. The van der Waals surface area contributed by atoms with Crippen LogP contribution in [0.25, 0.3) is 0 Å². The van der Waals surface area contributed by atoms with E-state index in [-0.39, 0.29) is 12.0 Å². The molecule has 1 unspecified atom stereocenters. The minimum Gasteiger partial charge on any atom is -0.465 e. The molecule has 1 aromatic heterocycles. The number of hydrogen-bond donors (Lipinski definition) is 2. The van der Waals surface area contributed by atoms with E-state index in [9.17, 15) is 4.79 Å². The van der Waals surface area contributed by atoms with Gasteiger partial charge >= 0.3 is 5.97 Å². The lowest BCUT2D eigenvalue weighted by molar-refractivity contribution is -0.150. The van der Waals surface area contributed by atoms with Crippen LogP contribution in [-0.2, 0) is 9.53 Å². The summed E-state index contributed by atoms with van der Waals surface area (Å²) < 4.78 is 5.16. The number of aromatic amines is 1. The predicted molar refractivity (Wildman–Crippen MR) is 77.2 cm³/mol. The second-order valence-corrected chi connectivity index (χ2v) is 5.93. The van der Waals surface area contributed by atoms with Crippen molar-refractivity contribution in [1.82, 2.24) is 15.3 Å². The van der Waals surface area contributed by atoms with Gasteiger partial charge in [0.05, 0.1) is 6.61 Å². The number of nitrogens with zero attached hydrogens (tertiary/aromatic N) is 1. The molecule has 0 amide bonds. The fourth-order valence-corrected chi connectivity index (χ4v) is 2.83. The van der Waals surface area contributed by atoms with Crippen molar-refractivity contribution in [2.75, 3.05) is 12.4 Å². The first-order chi connectivity index (χ1) is 8.98. The van der Waals surface area contributed by atoms with Crippen LogP contribution in [0, 0.1) is 0 Å². The van der Waals surface area contributed by atoms with Crippen molar-refractivity contribution >= 4 is 17.7 Å². The second-order valence-electron chi connectivity index (χ2n) is 4.84. The van der Waals surface area contributed by atoms with Gasteiger partial charge in [-0.25, -0.2) is 4.98 Å². The lowest BCUT2D eigenvalue weighted by Crippen LogP contribution is -2.53. The van der Waals surface area contributed by atoms with Gasteiger partial charge in [0.1, 0.15) is 5.54 Å². The predicted octanol–water partition coefficient (Wildman–Crippen LogP) is 2.21. The largest absolute Gasteiger partial charge is 0.465 e. The van der Waals surface area contributed by atoms with Crippen LogP contribution in [0.5, 0.6) is 0 Å². The van der Waals surface area contributed by atoms with Crippen molar-refractivity contribution in [3.05, 3.63) is 12.4 Å². The summed E-state index contributed by atoms with van der Waals surface area (Å²) in [7, 11) is 0. The molecule has 0 aliphatic rings. The van der Waals surface area contributed by atoms with Gasteiger partial charge in [-0.15, -0.1) is 0 Å². The van der Waals surface area contributed by atoms with Gasteiger partial charge in [-0.3, -0.25) is 10.1 Å². The summed E-state index contributed by atoms with van der Waals surface area (Å²) in [5.41, 5.74) is -0.649. The van der Waals surface area contributed by atoms with Crippen molar-refractivity contribution in [2.45, 2.75) is 50.9 Å². The number of hydrogen-bond acceptors (Lipinski definition) is 5. The SMILES string of the molecule is CCOC(=O)C(C)(CCSc1ncc[nH]1)NC(C)C. The van der Waals surface area contributed by atoms with Crippen molar-refractivity contribution in [3.8, 4) is 0 Å². The molecule has 19 heavy (non-hydrogen) atoms. The number of nitrogens with one attached hydrogen (secondary N) is 2. The summed E-state index contributed by atoms with van der Waals surface area (Å²) in [6.45, 7) is 8.17. The highest BCUT2D eigenvalue weighted by atomic mass is 32.2. The monoisotopic (exact) mass is 285 g/mol. The number of carbonyl (C=O) groups excluding carboxylic acids is 1. The first kappa shape index (κ1) is 16.0. The van der Waals surface area contributed by atoms with Crippen LogP contribution < -0.4 is 5.32 Å². The highest BCUT2D eigenvalue weighted by Gasteiger charge is 2.34. The van der Waals surface area contributed by atoms with Crippen LogP contribution in [0.15, 0.2) is 17.6 Å². The van der Waals surface area contributed by atoms with Crippen LogP contribution in [0.1, 0.15) is 34.1 Å². The smallest absolute Gasteiger partial charge is 0.326 e. The van der Waals surface area contributed by atoms with E-state index in [2.05, 4.69) is 15.3 Å². The molecule has 0 aliphatic heterocycles. The number of aromatic nitrogens is 2. The molecule has 108 valence electrons. The molecule has 0 radical (unpaired) electrons. The fraction of sp³-hybridized carbons (Fsp3) is 0.692. The topological polar surface area (TPSA) is 67.0 Å². The van der Waals surface area contributed by atoms with Gasteiger partial charge in [0.15, 0.2) is 5.16 Å². The van der Waals surface area contributed by atoms with E-state index in [1.54, 1.807) is 24.2 Å². The molecule has 5 nitrogen and oxygen atoms in total. The summed E-state index contributed by atoms with van der Waals surface area (Å²) in [5.74, 6) is 0.603. The van der Waals surface area contributed by atoms with Gasteiger partial charge in [-0.05, 0) is 34.1 Å². The third-order valence-corrected chi connectivity index (χ3v) is 3.55. The van der Waals surface area contributed by atoms with Crippen LogP contribution >= 0.6 is 11.8 Å². The maximum absolute atomic E-state index is 12.1. The quantitative estimate of drug-likeness (QED) is 0.566. The fourth-order valence-electron chi connectivity index (χ4n) is 1.84. The van der Waals surface area contributed by atoms with Crippen LogP contribution in [-0.4, -0.2) is 39.9 Å². The number of carbonyl (C=O) groups is 1. The Kier molecular flexibility index (Phi) is 6.37. The lowest BCUT2D eigenvalue weighted by Gasteiger charge is -2.30. The normalized spacial score (nSPS) is 14.4. The summed E-state index contributed by atoms with van der Waals surface area (Å²) in [6.07, 6.45) is 4.20. The molecule has 1 aromatic rings. The van der Waals surface area contributed by atoms with Crippen LogP contribution in [0.2, 0.25) is 0 Å². The zero-order chi connectivity index (χ0) is 14.3. The minimum atomic E-state index is -0.649. The molecule has 0 saturated heterocycles. The molecule has 6 heteroatoms. The third-order valence-electron chi connectivity index (χ3n) is 2.65. The summed E-state index contributed by atoms with van der Waals surface area (Å²) >= 11 is 1.60. The Bertz CT molecular complexity index is 381. The van der Waals surface area contributed by atoms with Crippen molar-refractivity contribution in [1.29, 1.82) is 0 Å². The Morgan fingerprint density at radius 1 is 1.63 bits per heavy atom. The van der Waals surface area contributed by atoms with E-state index in [0.29, 0.717) is 13.0 Å². The number of H-pyrrole nitrogens is 1. The molecule has 0 bridgehead atoms. The van der Waals surface area contributed by atoms with E-state index in [1.807, 2.05) is 27.7 Å². The molecule has 0 aliphatic carbocycles. The maximum Gasteiger partial charge on any atom is 0.326 e. The second kappa shape index (κ2) is 7.55. The van der Waals surface area contributed by atoms with E-state index < -0.39 is 5.54 Å². The zero-order valence-corrected chi connectivity index (χ0v) is 12.8. The summed E-state index contributed by atoms with van der Waals surface area (Å²) in [5, 5.41) is 4.17. The summed E-state index contributed by atoms with van der Waals surface area (Å²) in [4.78, 5) is 19.3. The maximum atomic E-state index is 12.1. The minimum absolute atomic E-state index is 0.191.